The minimum absolute atomic E-state index is 0.0534. The largest absolute Gasteiger partial charge is 0.489 e. The number of carbonyl (C=O) groups is 2. The smallest absolute Gasteiger partial charge is 0.344 e. The van der Waals surface area contributed by atoms with E-state index >= 15 is 0 Å². The van der Waals surface area contributed by atoms with Crippen molar-refractivity contribution >= 4 is 11.9 Å². The Morgan fingerprint density at radius 3 is 2.38 bits per heavy atom. The van der Waals surface area contributed by atoms with Crippen LogP contribution < -0.4 is 14.8 Å². The highest BCUT2D eigenvalue weighted by Crippen LogP contribution is 2.18. The van der Waals surface area contributed by atoms with Gasteiger partial charge in [-0.1, -0.05) is 30.3 Å². The Bertz CT molecular complexity index is 772. The number of carbonyl (C=O) groups excluding carboxylic acids is 2. The summed E-state index contributed by atoms with van der Waals surface area (Å²) in [6, 6.07) is 16.8. The first-order valence-corrected chi connectivity index (χ1v) is 9.62. The maximum atomic E-state index is 11.7. The van der Waals surface area contributed by atoms with E-state index in [4.69, 9.17) is 18.9 Å². The van der Waals surface area contributed by atoms with Gasteiger partial charge >= 0.3 is 5.97 Å². The Labute approximate surface area is 169 Å². The van der Waals surface area contributed by atoms with Crippen molar-refractivity contribution < 1.29 is 28.5 Å². The van der Waals surface area contributed by atoms with Crippen LogP contribution in [0.2, 0.25) is 0 Å². The van der Waals surface area contributed by atoms with E-state index in [1.165, 1.54) is 0 Å². The number of benzene rings is 2. The molecular formula is C22H25NO6. The first kappa shape index (κ1) is 20.7. The van der Waals surface area contributed by atoms with Crippen LogP contribution in [0.25, 0.3) is 0 Å². The van der Waals surface area contributed by atoms with Gasteiger partial charge in [0.05, 0.1) is 6.10 Å². The molecule has 0 unspecified atom stereocenters. The third-order valence-corrected chi connectivity index (χ3v) is 4.34. The van der Waals surface area contributed by atoms with Gasteiger partial charge in [0.25, 0.3) is 5.91 Å². The zero-order valence-electron chi connectivity index (χ0n) is 16.2. The fourth-order valence-corrected chi connectivity index (χ4v) is 2.79. The van der Waals surface area contributed by atoms with E-state index in [1.54, 1.807) is 24.3 Å². The topological polar surface area (TPSA) is 83.1 Å². The first-order valence-electron chi connectivity index (χ1n) is 9.62. The SMILES string of the molecule is O=C(COC(=O)COc1ccc(OCc2ccccc2)cc1)NC[C@H]1CCCO1. The third-order valence-electron chi connectivity index (χ3n) is 4.34. The molecule has 0 radical (unpaired) electrons. The van der Waals surface area contributed by atoms with Crippen molar-refractivity contribution in [3.8, 4) is 11.5 Å². The molecule has 2 aromatic rings. The van der Waals surface area contributed by atoms with Crippen LogP contribution in [0.15, 0.2) is 54.6 Å². The minimum atomic E-state index is -0.610. The molecule has 1 aliphatic heterocycles. The summed E-state index contributed by atoms with van der Waals surface area (Å²) < 4.78 is 21.4. The van der Waals surface area contributed by atoms with Gasteiger partial charge in [0.2, 0.25) is 0 Å². The van der Waals surface area contributed by atoms with Crippen molar-refractivity contribution in [2.75, 3.05) is 26.4 Å². The lowest BCUT2D eigenvalue weighted by Crippen LogP contribution is -2.35. The van der Waals surface area contributed by atoms with E-state index in [-0.39, 0.29) is 25.2 Å². The van der Waals surface area contributed by atoms with Crippen LogP contribution in [0, 0.1) is 0 Å². The van der Waals surface area contributed by atoms with Crippen molar-refractivity contribution in [3.05, 3.63) is 60.2 Å². The molecule has 1 amide bonds. The molecule has 1 aliphatic rings. The Balaban J connectivity index is 1.30. The fourth-order valence-electron chi connectivity index (χ4n) is 2.79. The molecule has 1 saturated heterocycles. The van der Waals surface area contributed by atoms with Crippen molar-refractivity contribution in [1.82, 2.24) is 5.32 Å². The van der Waals surface area contributed by atoms with Gasteiger partial charge in [-0.15, -0.1) is 0 Å². The number of rotatable bonds is 10. The van der Waals surface area contributed by atoms with Crippen LogP contribution in [0.5, 0.6) is 11.5 Å². The second-order valence-corrected chi connectivity index (χ2v) is 6.63. The zero-order valence-corrected chi connectivity index (χ0v) is 16.2. The van der Waals surface area contributed by atoms with Crippen molar-refractivity contribution in [3.63, 3.8) is 0 Å². The van der Waals surface area contributed by atoms with E-state index in [1.807, 2.05) is 30.3 Å². The average Bonchev–Trinajstić information content (AvgIpc) is 3.28. The molecule has 7 heteroatoms. The molecule has 0 spiro atoms. The van der Waals surface area contributed by atoms with Crippen LogP contribution in [-0.2, 0) is 25.7 Å². The van der Waals surface area contributed by atoms with E-state index < -0.39 is 5.97 Å². The average molecular weight is 399 g/mol. The predicted molar refractivity (Wildman–Crippen MR) is 106 cm³/mol. The molecule has 2 aromatic carbocycles. The van der Waals surface area contributed by atoms with Crippen LogP contribution in [0.4, 0.5) is 0 Å². The summed E-state index contributed by atoms with van der Waals surface area (Å²) in [5.41, 5.74) is 1.08. The summed E-state index contributed by atoms with van der Waals surface area (Å²) in [7, 11) is 0. The fraction of sp³-hybridized carbons (Fsp3) is 0.364. The van der Waals surface area contributed by atoms with E-state index in [0.29, 0.717) is 24.7 Å². The molecule has 1 N–H and O–H groups in total. The summed E-state index contributed by atoms with van der Waals surface area (Å²) in [4.78, 5) is 23.4. The number of ether oxygens (including phenoxy) is 4. The maximum Gasteiger partial charge on any atom is 0.344 e. The molecule has 3 rings (SSSR count). The maximum absolute atomic E-state index is 11.7. The normalized spacial score (nSPS) is 15.5. The van der Waals surface area contributed by atoms with E-state index in [2.05, 4.69) is 5.32 Å². The number of hydrogen-bond donors (Lipinski definition) is 1. The van der Waals surface area contributed by atoms with Gasteiger partial charge in [-0.3, -0.25) is 4.79 Å². The van der Waals surface area contributed by atoms with Gasteiger partial charge in [0, 0.05) is 13.2 Å². The first-order chi connectivity index (χ1) is 14.2. The van der Waals surface area contributed by atoms with E-state index in [0.717, 1.165) is 25.0 Å². The Morgan fingerprint density at radius 2 is 1.69 bits per heavy atom. The molecule has 29 heavy (non-hydrogen) atoms. The van der Waals surface area contributed by atoms with Crippen molar-refractivity contribution in [2.24, 2.45) is 0 Å². The zero-order chi connectivity index (χ0) is 20.3. The second-order valence-electron chi connectivity index (χ2n) is 6.63. The molecule has 0 aromatic heterocycles. The summed E-state index contributed by atoms with van der Waals surface area (Å²) in [6.07, 6.45) is 1.99. The number of esters is 1. The Hall–Kier alpha value is -3.06. The molecule has 0 aliphatic carbocycles. The van der Waals surface area contributed by atoms with Crippen LogP contribution in [-0.4, -0.2) is 44.3 Å². The standard InChI is InChI=1S/C22H25NO6/c24-21(23-13-20-7-4-12-26-20)15-29-22(25)16-28-19-10-8-18(9-11-19)27-14-17-5-2-1-3-6-17/h1-3,5-6,8-11,20H,4,7,12-16H2,(H,23,24)/t20-/m1/s1. The van der Waals surface area contributed by atoms with Crippen molar-refractivity contribution in [2.45, 2.75) is 25.6 Å². The molecular weight excluding hydrogens is 374 g/mol. The third kappa shape index (κ3) is 7.46. The lowest BCUT2D eigenvalue weighted by molar-refractivity contribution is -0.150. The summed E-state index contributed by atoms with van der Waals surface area (Å²) in [6.45, 7) is 1.03. The summed E-state index contributed by atoms with van der Waals surface area (Å²) in [5.74, 6) is 0.249. The predicted octanol–water partition coefficient (Wildman–Crippen LogP) is 2.48. The van der Waals surface area contributed by atoms with Crippen LogP contribution in [0.1, 0.15) is 18.4 Å². The molecule has 1 fully saturated rings. The quantitative estimate of drug-likeness (QED) is 0.618. The van der Waals surface area contributed by atoms with Crippen LogP contribution in [0.3, 0.4) is 0 Å². The van der Waals surface area contributed by atoms with Gasteiger partial charge in [-0.2, -0.15) is 0 Å². The summed E-state index contributed by atoms with van der Waals surface area (Å²) >= 11 is 0. The lowest BCUT2D eigenvalue weighted by atomic mass is 10.2. The highest BCUT2D eigenvalue weighted by Gasteiger charge is 2.16. The number of nitrogens with one attached hydrogen (secondary N) is 1. The Morgan fingerprint density at radius 1 is 0.966 bits per heavy atom. The number of hydrogen-bond acceptors (Lipinski definition) is 6. The molecule has 154 valence electrons. The molecule has 7 nitrogen and oxygen atoms in total. The number of amides is 1. The van der Waals surface area contributed by atoms with Gasteiger partial charge in [0.15, 0.2) is 13.2 Å². The minimum Gasteiger partial charge on any atom is -0.489 e. The van der Waals surface area contributed by atoms with Gasteiger partial charge < -0.3 is 24.3 Å². The Kier molecular flexibility index (Phi) is 7.89. The monoisotopic (exact) mass is 399 g/mol. The molecule has 0 bridgehead atoms. The molecule has 1 atom stereocenters. The highest BCUT2D eigenvalue weighted by atomic mass is 16.6. The van der Waals surface area contributed by atoms with Crippen molar-refractivity contribution in [1.29, 1.82) is 0 Å². The van der Waals surface area contributed by atoms with Gasteiger partial charge in [0.1, 0.15) is 18.1 Å². The molecule has 0 saturated carbocycles. The lowest BCUT2D eigenvalue weighted by Gasteiger charge is -2.11. The van der Waals surface area contributed by atoms with Crippen LogP contribution >= 0.6 is 0 Å². The van der Waals surface area contributed by atoms with E-state index in [9.17, 15) is 9.59 Å². The summed E-state index contributed by atoms with van der Waals surface area (Å²) in [5, 5.41) is 2.69. The van der Waals surface area contributed by atoms with Gasteiger partial charge in [-0.05, 0) is 42.7 Å². The second kappa shape index (κ2) is 11.1. The van der Waals surface area contributed by atoms with Gasteiger partial charge in [-0.25, -0.2) is 4.79 Å². The highest BCUT2D eigenvalue weighted by molar-refractivity contribution is 5.80. The molecule has 1 heterocycles.